The van der Waals surface area contributed by atoms with Gasteiger partial charge >= 0.3 is 0 Å². The molecule has 0 aromatic heterocycles. The lowest BCUT2D eigenvalue weighted by molar-refractivity contribution is 0.0473. The Bertz CT molecular complexity index is 407. The third-order valence-electron chi connectivity index (χ3n) is 3.42. The van der Waals surface area contributed by atoms with Crippen molar-refractivity contribution >= 4 is 5.91 Å². The molecule has 1 rings (SSSR count). The lowest BCUT2D eigenvalue weighted by atomic mass is 10.00. The molecule has 0 aliphatic carbocycles. The Morgan fingerprint density at radius 1 is 1.28 bits per heavy atom. The molecule has 0 fully saturated rings. The van der Waals surface area contributed by atoms with Crippen LogP contribution >= 0.6 is 0 Å². The molecule has 1 N–H and O–H groups in total. The van der Waals surface area contributed by atoms with E-state index in [4.69, 9.17) is 0 Å². The maximum Gasteiger partial charge on any atom is 0.254 e. The number of rotatable bonds is 4. The lowest BCUT2D eigenvalue weighted by Gasteiger charge is -2.34. The summed E-state index contributed by atoms with van der Waals surface area (Å²) in [4.78, 5) is 13.8. The van der Waals surface area contributed by atoms with E-state index in [9.17, 15) is 9.90 Å². The Labute approximate surface area is 109 Å². The molecular weight excluding hydrogens is 226 g/mol. The second kappa shape index (κ2) is 5.53. The van der Waals surface area contributed by atoms with Crippen LogP contribution in [-0.2, 0) is 0 Å². The third kappa shape index (κ3) is 3.10. The SMILES string of the molecule is CC(C)c1ccc(C(=O)N(C)C(C)(C)CO)cc1. The quantitative estimate of drug-likeness (QED) is 0.891. The fraction of sp³-hybridized carbons (Fsp3) is 0.533. The van der Waals surface area contributed by atoms with E-state index in [2.05, 4.69) is 13.8 Å². The van der Waals surface area contributed by atoms with Gasteiger partial charge in [0.05, 0.1) is 12.1 Å². The molecule has 0 saturated carbocycles. The monoisotopic (exact) mass is 249 g/mol. The number of amides is 1. The minimum atomic E-state index is -0.548. The molecule has 3 nitrogen and oxygen atoms in total. The summed E-state index contributed by atoms with van der Waals surface area (Å²) in [6, 6.07) is 7.67. The number of likely N-dealkylation sites (N-methyl/N-ethyl adjacent to an activating group) is 1. The van der Waals surface area contributed by atoms with Crippen LogP contribution in [0.4, 0.5) is 0 Å². The van der Waals surface area contributed by atoms with Crippen LogP contribution in [0.1, 0.15) is 49.5 Å². The summed E-state index contributed by atoms with van der Waals surface area (Å²) in [5.74, 6) is 0.394. The normalized spacial score (nSPS) is 11.7. The summed E-state index contributed by atoms with van der Waals surface area (Å²) in [6.45, 7) is 7.87. The van der Waals surface area contributed by atoms with Crippen LogP contribution in [-0.4, -0.2) is 35.1 Å². The van der Waals surface area contributed by atoms with E-state index >= 15 is 0 Å². The summed E-state index contributed by atoms with van der Waals surface area (Å²) >= 11 is 0. The zero-order chi connectivity index (χ0) is 13.9. The first-order valence-corrected chi connectivity index (χ1v) is 6.28. The number of aliphatic hydroxyl groups is 1. The highest BCUT2D eigenvalue weighted by molar-refractivity contribution is 5.94. The Hall–Kier alpha value is -1.35. The van der Waals surface area contributed by atoms with Crippen LogP contribution < -0.4 is 0 Å². The number of hydrogen-bond donors (Lipinski definition) is 1. The summed E-state index contributed by atoms with van der Waals surface area (Å²) in [7, 11) is 1.72. The van der Waals surface area contributed by atoms with Gasteiger partial charge in [0.15, 0.2) is 0 Å². The van der Waals surface area contributed by atoms with Crippen molar-refractivity contribution < 1.29 is 9.90 Å². The molecule has 0 spiro atoms. The number of aliphatic hydroxyl groups excluding tert-OH is 1. The first-order valence-electron chi connectivity index (χ1n) is 6.28. The minimum Gasteiger partial charge on any atom is -0.394 e. The van der Waals surface area contributed by atoms with Gasteiger partial charge in [-0.3, -0.25) is 4.79 Å². The molecule has 0 unspecified atom stereocenters. The summed E-state index contributed by atoms with van der Waals surface area (Å²) in [5, 5.41) is 9.28. The van der Waals surface area contributed by atoms with Crippen LogP contribution in [0, 0.1) is 0 Å². The van der Waals surface area contributed by atoms with Crippen molar-refractivity contribution in [3.8, 4) is 0 Å². The molecule has 18 heavy (non-hydrogen) atoms. The standard InChI is InChI=1S/C15H23NO2/c1-11(2)12-6-8-13(9-7-12)14(18)16(5)15(3,4)10-17/h6-9,11,17H,10H2,1-5H3. The molecule has 1 aromatic rings. The van der Waals surface area contributed by atoms with Gasteiger partial charge in [0.25, 0.3) is 5.91 Å². The van der Waals surface area contributed by atoms with Gasteiger partial charge in [-0.25, -0.2) is 0 Å². The van der Waals surface area contributed by atoms with Crippen LogP contribution in [0.2, 0.25) is 0 Å². The van der Waals surface area contributed by atoms with E-state index in [1.807, 2.05) is 38.1 Å². The van der Waals surface area contributed by atoms with E-state index in [0.29, 0.717) is 11.5 Å². The predicted molar refractivity (Wildman–Crippen MR) is 73.8 cm³/mol. The zero-order valence-electron chi connectivity index (χ0n) is 11.9. The molecule has 3 heteroatoms. The van der Waals surface area contributed by atoms with Crippen molar-refractivity contribution in [2.24, 2.45) is 0 Å². The Morgan fingerprint density at radius 2 is 1.78 bits per heavy atom. The van der Waals surface area contributed by atoms with Crippen molar-refractivity contribution in [2.75, 3.05) is 13.7 Å². The molecule has 0 aliphatic heterocycles. The van der Waals surface area contributed by atoms with Gasteiger partial charge in [0.1, 0.15) is 0 Å². The van der Waals surface area contributed by atoms with Crippen molar-refractivity contribution in [3.05, 3.63) is 35.4 Å². The number of benzene rings is 1. The van der Waals surface area contributed by atoms with E-state index < -0.39 is 5.54 Å². The highest BCUT2D eigenvalue weighted by Crippen LogP contribution is 2.18. The maximum absolute atomic E-state index is 12.2. The number of carbonyl (C=O) groups is 1. The Balaban J connectivity index is 2.91. The third-order valence-corrected chi connectivity index (χ3v) is 3.42. The molecule has 0 saturated heterocycles. The van der Waals surface area contributed by atoms with Crippen molar-refractivity contribution in [2.45, 2.75) is 39.2 Å². The van der Waals surface area contributed by atoms with Gasteiger partial charge in [0, 0.05) is 12.6 Å². The second-order valence-electron chi connectivity index (χ2n) is 5.61. The van der Waals surface area contributed by atoms with Gasteiger partial charge in [-0.05, 0) is 37.5 Å². The topological polar surface area (TPSA) is 40.5 Å². The van der Waals surface area contributed by atoms with Gasteiger partial charge in [-0.15, -0.1) is 0 Å². The van der Waals surface area contributed by atoms with Crippen LogP contribution in [0.15, 0.2) is 24.3 Å². The van der Waals surface area contributed by atoms with Gasteiger partial charge in [-0.1, -0.05) is 26.0 Å². The summed E-state index contributed by atoms with van der Waals surface area (Å²) in [6.07, 6.45) is 0. The van der Waals surface area contributed by atoms with E-state index in [-0.39, 0.29) is 12.5 Å². The lowest BCUT2D eigenvalue weighted by Crippen LogP contribution is -2.47. The fourth-order valence-electron chi connectivity index (χ4n) is 1.59. The number of hydrogen-bond acceptors (Lipinski definition) is 2. The van der Waals surface area contributed by atoms with Crippen LogP contribution in [0.3, 0.4) is 0 Å². The molecule has 0 aliphatic rings. The molecule has 0 atom stereocenters. The average Bonchev–Trinajstić information content (AvgIpc) is 2.37. The maximum atomic E-state index is 12.2. The highest BCUT2D eigenvalue weighted by Gasteiger charge is 2.27. The van der Waals surface area contributed by atoms with E-state index in [1.165, 1.54) is 5.56 Å². The minimum absolute atomic E-state index is 0.0562. The predicted octanol–water partition coefficient (Wildman–Crippen LogP) is 2.65. The Morgan fingerprint density at radius 3 is 2.17 bits per heavy atom. The molecule has 0 radical (unpaired) electrons. The van der Waals surface area contributed by atoms with Gasteiger partial charge in [-0.2, -0.15) is 0 Å². The largest absolute Gasteiger partial charge is 0.394 e. The van der Waals surface area contributed by atoms with E-state index in [1.54, 1.807) is 11.9 Å². The molecular formula is C15H23NO2. The smallest absolute Gasteiger partial charge is 0.254 e. The van der Waals surface area contributed by atoms with Gasteiger partial charge < -0.3 is 10.0 Å². The van der Waals surface area contributed by atoms with Crippen LogP contribution in [0.5, 0.6) is 0 Å². The zero-order valence-corrected chi connectivity index (χ0v) is 11.9. The number of nitrogens with zero attached hydrogens (tertiary/aromatic N) is 1. The molecule has 0 bridgehead atoms. The first-order chi connectivity index (χ1) is 8.29. The fourth-order valence-corrected chi connectivity index (χ4v) is 1.59. The van der Waals surface area contributed by atoms with Crippen molar-refractivity contribution in [3.63, 3.8) is 0 Å². The van der Waals surface area contributed by atoms with Crippen LogP contribution in [0.25, 0.3) is 0 Å². The Kier molecular flexibility index (Phi) is 4.52. The molecule has 0 heterocycles. The van der Waals surface area contributed by atoms with Crippen molar-refractivity contribution in [1.29, 1.82) is 0 Å². The highest BCUT2D eigenvalue weighted by atomic mass is 16.3. The average molecular weight is 249 g/mol. The molecule has 1 amide bonds. The second-order valence-corrected chi connectivity index (χ2v) is 5.61. The van der Waals surface area contributed by atoms with E-state index in [0.717, 1.165) is 0 Å². The molecule has 100 valence electrons. The number of carbonyl (C=O) groups excluding carboxylic acids is 1. The molecule has 1 aromatic carbocycles. The summed E-state index contributed by atoms with van der Waals surface area (Å²) in [5.41, 5.74) is 1.33. The van der Waals surface area contributed by atoms with Gasteiger partial charge in [0.2, 0.25) is 0 Å². The first kappa shape index (κ1) is 14.7. The summed E-state index contributed by atoms with van der Waals surface area (Å²) < 4.78 is 0. The van der Waals surface area contributed by atoms with Crippen molar-refractivity contribution in [1.82, 2.24) is 4.90 Å².